The number of imidazole rings is 1. The number of fused-ring (bicyclic) bond motifs is 1. The highest BCUT2D eigenvalue weighted by Crippen LogP contribution is 2.19. The molecule has 0 saturated heterocycles. The standard InChI is InChI=1S/C13H14N4S/c1-9-11(3-2-4-15-9)12(14)7-10-8-17-5-6-18-13(17)16-10/h2-6,8,12H,7,14H2,1H3. The van der Waals surface area contributed by atoms with E-state index in [1.54, 1.807) is 17.5 Å². The summed E-state index contributed by atoms with van der Waals surface area (Å²) in [6.07, 6.45) is 6.58. The number of nitrogens with two attached hydrogens (primary N) is 1. The Bertz CT molecular complexity index is 642. The molecule has 3 rings (SSSR count). The predicted molar refractivity (Wildman–Crippen MR) is 72.7 cm³/mol. The molecule has 0 aliphatic heterocycles. The van der Waals surface area contributed by atoms with Crippen LogP contribution >= 0.6 is 11.3 Å². The van der Waals surface area contributed by atoms with Gasteiger partial charge in [0.2, 0.25) is 0 Å². The van der Waals surface area contributed by atoms with Crippen molar-refractivity contribution >= 4 is 16.3 Å². The molecule has 92 valence electrons. The number of nitrogens with zero attached hydrogens (tertiary/aromatic N) is 3. The molecule has 0 radical (unpaired) electrons. The Labute approximate surface area is 109 Å². The van der Waals surface area contributed by atoms with Crippen LogP contribution in [0.3, 0.4) is 0 Å². The lowest BCUT2D eigenvalue weighted by atomic mass is 10.0. The van der Waals surface area contributed by atoms with E-state index >= 15 is 0 Å². The van der Waals surface area contributed by atoms with E-state index in [1.807, 2.05) is 41.2 Å². The molecule has 1 atom stereocenters. The summed E-state index contributed by atoms with van der Waals surface area (Å²) in [4.78, 5) is 9.83. The molecule has 2 N–H and O–H groups in total. The van der Waals surface area contributed by atoms with Crippen LogP contribution in [0, 0.1) is 6.92 Å². The first kappa shape index (κ1) is 11.4. The van der Waals surface area contributed by atoms with E-state index in [1.165, 1.54) is 0 Å². The third-order valence-corrected chi connectivity index (χ3v) is 3.79. The summed E-state index contributed by atoms with van der Waals surface area (Å²) in [5.41, 5.74) is 9.34. The van der Waals surface area contributed by atoms with Crippen molar-refractivity contribution in [3.8, 4) is 0 Å². The van der Waals surface area contributed by atoms with Gasteiger partial charge in [-0.2, -0.15) is 0 Å². The Morgan fingerprint density at radius 3 is 3.17 bits per heavy atom. The molecule has 3 aromatic heterocycles. The quantitative estimate of drug-likeness (QED) is 0.784. The zero-order chi connectivity index (χ0) is 12.5. The molecule has 1 unspecified atom stereocenters. The minimum atomic E-state index is -0.0525. The number of hydrogen-bond acceptors (Lipinski definition) is 4. The van der Waals surface area contributed by atoms with Crippen LogP contribution in [0.4, 0.5) is 0 Å². The molecule has 0 saturated carbocycles. The number of aromatic nitrogens is 3. The normalized spacial score (nSPS) is 13.0. The van der Waals surface area contributed by atoms with Crippen molar-refractivity contribution in [1.82, 2.24) is 14.4 Å². The van der Waals surface area contributed by atoms with Gasteiger partial charge in [-0.15, -0.1) is 11.3 Å². The van der Waals surface area contributed by atoms with Crippen LogP contribution in [0.5, 0.6) is 0 Å². The molecular weight excluding hydrogens is 244 g/mol. The van der Waals surface area contributed by atoms with E-state index in [-0.39, 0.29) is 6.04 Å². The average molecular weight is 258 g/mol. The molecule has 3 heterocycles. The van der Waals surface area contributed by atoms with Gasteiger partial charge in [-0.1, -0.05) is 6.07 Å². The highest BCUT2D eigenvalue weighted by Gasteiger charge is 2.12. The van der Waals surface area contributed by atoms with Gasteiger partial charge in [0.15, 0.2) is 4.96 Å². The second-order valence-electron chi connectivity index (χ2n) is 4.31. The Morgan fingerprint density at radius 1 is 1.50 bits per heavy atom. The maximum absolute atomic E-state index is 6.23. The molecule has 0 bridgehead atoms. The maximum atomic E-state index is 6.23. The van der Waals surface area contributed by atoms with Crippen LogP contribution in [-0.2, 0) is 6.42 Å². The van der Waals surface area contributed by atoms with Gasteiger partial charge < -0.3 is 5.73 Å². The van der Waals surface area contributed by atoms with E-state index in [2.05, 4.69) is 9.97 Å². The molecule has 0 aliphatic carbocycles. The lowest BCUT2D eigenvalue weighted by Crippen LogP contribution is -2.15. The lowest BCUT2D eigenvalue weighted by Gasteiger charge is -2.12. The van der Waals surface area contributed by atoms with Crippen LogP contribution in [0.1, 0.15) is 23.0 Å². The van der Waals surface area contributed by atoms with Crippen LogP contribution in [-0.4, -0.2) is 14.4 Å². The molecule has 0 amide bonds. The van der Waals surface area contributed by atoms with Gasteiger partial charge in [0, 0.05) is 42.1 Å². The van der Waals surface area contributed by atoms with Gasteiger partial charge >= 0.3 is 0 Å². The zero-order valence-electron chi connectivity index (χ0n) is 10.1. The number of aryl methyl sites for hydroxylation is 1. The lowest BCUT2D eigenvalue weighted by molar-refractivity contribution is 0.700. The first-order valence-corrected chi connectivity index (χ1v) is 6.70. The molecule has 18 heavy (non-hydrogen) atoms. The summed E-state index contributed by atoms with van der Waals surface area (Å²) in [7, 11) is 0. The average Bonchev–Trinajstić information content (AvgIpc) is 2.90. The molecule has 0 fully saturated rings. The summed E-state index contributed by atoms with van der Waals surface area (Å²) in [5.74, 6) is 0. The predicted octanol–water partition coefficient (Wildman–Crippen LogP) is 2.34. The van der Waals surface area contributed by atoms with Crippen molar-refractivity contribution in [2.75, 3.05) is 0 Å². The Balaban J connectivity index is 1.84. The highest BCUT2D eigenvalue weighted by atomic mass is 32.1. The number of thiazole rings is 1. The first-order chi connectivity index (χ1) is 8.74. The van der Waals surface area contributed by atoms with E-state index < -0.39 is 0 Å². The fourth-order valence-electron chi connectivity index (χ4n) is 2.10. The van der Waals surface area contributed by atoms with Gasteiger partial charge in [-0.05, 0) is 18.6 Å². The van der Waals surface area contributed by atoms with Crippen molar-refractivity contribution in [3.05, 3.63) is 53.1 Å². The Hall–Kier alpha value is -1.72. The number of hydrogen-bond donors (Lipinski definition) is 1. The smallest absolute Gasteiger partial charge is 0.193 e. The molecule has 4 nitrogen and oxygen atoms in total. The molecule has 0 spiro atoms. The van der Waals surface area contributed by atoms with Crippen molar-refractivity contribution in [2.45, 2.75) is 19.4 Å². The van der Waals surface area contributed by atoms with Gasteiger partial charge in [0.1, 0.15) is 0 Å². The third-order valence-electron chi connectivity index (χ3n) is 3.02. The van der Waals surface area contributed by atoms with Gasteiger partial charge in [-0.3, -0.25) is 9.38 Å². The SMILES string of the molecule is Cc1ncccc1C(N)Cc1cn2ccsc2n1. The fourth-order valence-corrected chi connectivity index (χ4v) is 2.82. The summed E-state index contributed by atoms with van der Waals surface area (Å²) in [6, 6.07) is 3.91. The van der Waals surface area contributed by atoms with Crippen LogP contribution < -0.4 is 5.73 Å². The number of pyridine rings is 1. The highest BCUT2D eigenvalue weighted by molar-refractivity contribution is 7.15. The molecule has 3 aromatic rings. The van der Waals surface area contributed by atoms with Gasteiger partial charge in [0.05, 0.1) is 5.69 Å². The summed E-state index contributed by atoms with van der Waals surface area (Å²) in [6.45, 7) is 1.99. The molecular formula is C13H14N4S. The van der Waals surface area contributed by atoms with E-state index in [4.69, 9.17) is 5.73 Å². The second-order valence-corrected chi connectivity index (χ2v) is 5.19. The third kappa shape index (κ3) is 2.02. The van der Waals surface area contributed by atoms with Gasteiger partial charge in [-0.25, -0.2) is 4.98 Å². The fraction of sp³-hybridized carbons (Fsp3) is 0.231. The zero-order valence-corrected chi connectivity index (χ0v) is 10.9. The van der Waals surface area contributed by atoms with Crippen LogP contribution in [0.2, 0.25) is 0 Å². The molecule has 5 heteroatoms. The minimum absolute atomic E-state index is 0.0525. The van der Waals surface area contributed by atoms with Crippen LogP contribution in [0.15, 0.2) is 36.1 Å². The first-order valence-electron chi connectivity index (χ1n) is 5.82. The van der Waals surface area contributed by atoms with Crippen molar-refractivity contribution < 1.29 is 0 Å². The van der Waals surface area contributed by atoms with Crippen molar-refractivity contribution in [1.29, 1.82) is 0 Å². The summed E-state index contributed by atoms with van der Waals surface area (Å²) >= 11 is 1.63. The summed E-state index contributed by atoms with van der Waals surface area (Å²) < 4.78 is 2.03. The maximum Gasteiger partial charge on any atom is 0.193 e. The largest absolute Gasteiger partial charge is 0.324 e. The monoisotopic (exact) mass is 258 g/mol. The topological polar surface area (TPSA) is 56.2 Å². The Morgan fingerprint density at radius 2 is 2.39 bits per heavy atom. The molecule has 0 aliphatic rings. The molecule has 0 aromatic carbocycles. The van der Waals surface area contributed by atoms with E-state index in [9.17, 15) is 0 Å². The number of rotatable bonds is 3. The summed E-state index contributed by atoms with van der Waals surface area (Å²) in [5, 5.41) is 2.03. The van der Waals surface area contributed by atoms with Gasteiger partial charge in [0.25, 0.3) is 0 Å². The Kier molecular flexibility index (Phi) is 2.85. The second kappa shape index (κ2) is 4.51. The van der Waals surface area contributed by atoms with Crippen molar-refractivity contribution in [3.63, 3.8) is 0 Å². The van der Waals surface area contributed by atoms with E-state index in [0.717, 1.165) is 28.3 Å². The van der Waals surface area contributed by atoms with Crippen LogP contribution in [0.25, 0.3) is 4.96 Å². The minimum Gasteiger partial charge on any atom is -0.324 e. The van der Waals surface area contributed by atoms with Crippen molar-refractivity contribution in [2.24, 2.45) is 5.73 Å². The van der Waals surface area contributed by atoms with E-state index in [0.29, 0.717) is 0 Å².